The van der Waals surface area contributed by atoms with Gasteiger partial charge in [-0.2, -0.15) is 0 Å². The highest BCUT2D eigenvalue weighted by Gasteiger charge is 2.62. The molecule has 2 aromatic rings. The van der Waals surface area contributed by atoms with Crippen LogP contribution in [0, 0.1) is 5.92 Å². The quantitative estimate of drug-likeness (QED) is 0.808. The Morgan fingerprint density at radius 2 is 1.83 bits per heavy atom. The van der Waals surface area contributed by atoms with E-state index in [4.69, 9.17) is 4.74 Å². The smallest absolute Gasteiger partial charge is 0.226 e. The van der Waals surface area contributed by atoms with Gasteiger partial charge in [0, 0.05) is 17.9 Å². The van der Waals surface area contributed by atoms with Crippen LogP contribution in [0.4, 0.5) is 0 Å². The summed E-state index contributed by atoms with van der Waals surface area (Å²) >= 11 is 0. The Labute approximate surface area is 135 Å². The zero-order valence-corrected chi connectivity index (χ0v) is 12.9. The SMILES string of the molecule is O=C1C[C@H]2CCc3ccccc3[C@]23OC[C@@H](c2ccccc2)N13. The van der Waals surface area contributed by atoms with E-state index in [2.05, 4.69) is 36.4 Å². The fraction of sp³-hybridized carbons (Fsp3) is 0.350. The average molecular weight is 305 g/mol. The summed E-state index contributed by atoms with van der Waals surface area (Å²) in [6, 6.07) is 18.8. The number of rotatable bonds is 1. The molecule has 1 amide bonds. The van der Waals surface area contributed by atoms with Crippen molar-refractivity contribution in [3.8, 4) is 0 Å². The zero-order chi connectivity index (χ0) is 15.4. The summed E-state index contributed by atoms with van der Waals surface area (Å²) in [6.45, 7) is 0.584. The van der Waals surface area contributed by atoms with Gasteiger partial charge in [0.2, 0.25) is 5.91 Å². The molecule has 3 atom stereocenters. The van der Waals surface area contributed by atoms with Crippen LogP contribution in [0.1, 0.15) is 35.6 Å². The van der Waals surface area contributed by atoms with Crippen LogP contribution in [-0.4, -0.2) is 17.4 Å². The fourth-order valence-electron chi connectivity index (χ4n) is 4.77. The lowest BCUT2D eigenvalue weighted by Crippen LogP contribution is -2.46. The summed E-state index contributed by atoms with van der Waals surface area (Å²) in [5.74, 6) is 0.511. The Bertz CT molecular complexity index is 772. The largest absolute Gasteiger partial charge is 0.348 e. The minimum absolute atomic E-state index is 0.0276. The molecule has 1 aliphatic carbocycles. The monoisotopic (exact) mass is 305 g/mol. The Morgan fingerprint density at radius 3 is 2.70 bits per heavy atom. The first-order valence-electron chi connectivity index (χ1n) is 8.40. The molecule has 2 saturated heterocycles. The first kappa shape index (κ1) is 13.3. The third kappa shape index (κ3) is 1.66. The lowest BCUT2D eigenvalue weighted by atomic mass is 9.77. The molecule has 3 nitrogen and oxygen atoms in total. The molecule has 3 heteroatoms. The number of amides is 1. The predicted molar refractivity (Wildman–Crippen MR) is 86.5 cm³/mol. The lowest BCUT2D eigenvalue weighted by molar-refractivity contribution is -0.145. The van der Waals surface area contributed by atoms with Crippen LogP contribution in [-0.2, 0) is 21.7 Å². The van der Waals surface area contributed by atoms with Gasteiger partial charge in [0.05, 0.1) is 12.6 Å². The lowest BCUT2D eigenvalue weighted by Gasteiger charge is -2.41. The number of carbonyl (C=O) groups is 1. The Morgan fingerprint density at radius 1 is 1.04 bits per heavy atom. The maximum absolute atomic E-state index is 12.9. The van der Waals surface area contributed by atoms with Gasteiger partial charge in [-0.25, -0.2) is 0 Å². The van der Waals surface area contributed by atoms with Crippen molar-refractivity contribution in [1.29, 1.82) is 0 Å². The molecule has 3 aliphatic rings. The van der Waals surface area contributed by atoms with Gasteiger partial charge in [0.1, 0.15) is 0 Å². The van der Waals surface area contributed by atoms with Crippen molar-refractivity contribution in [2.45, 2.75) is 31.0 Å². The van der Waals surface area contributed by atoms with Crippen LogP contribution in [0.15, 0.2) is 54.6 Å². The highest BCUT2D eigenvalue weighted by molar-refractivity contribution is 5.82. The van der Waals surface area contributed by atoms with Crippen molar-refractivity contribution in [1.82, 2.24) is 4.90 Å². The van der Waals surface area contributed by atoms with Gasteiger partial charge in [-0.15, -0.1) is 0 Å². The summed E-state index contributed by atoms with van der Waals surface area (Å²) < 4.78 is 6.44. The molecule has 1 spiro atoms. The second kappa shape index (κ2) is 4.68. The van der Waals surface area contributed by atoms with Crippen LogP contribution < -0.4 is 0 Å². The van der Waals surface area contributed by atoms with Crippen molar-refractivity contribution in [2.75, 3.05) is 6.61 Å². The number of aryl methyl sites for hydroxylation is 1. The third-order valence-corrected chi connectivity index (χ3v) is 5.72. The van der Waals surface area contributed by atoms with Gasteiger partial charge in [0.15, 0.2) is 5.72 Å². The Balaban J connectivity index is 1.67. The first-order chi connectivity index (χ1) is 11.3. The van der Waals surface area contributed by atoms with E-state index in [1.807, 2.05) is 23.1 Å². The molecule has 0 radical (unpaired) electrons. The van der Waals surface area contributed by atoms with E-state index in [1.54, 1.807) is 0 Å². The second-order valence-corrected chi connectivity index (χ2v) is 6.79. The van der Waals surface area contributed by atoms with E-state index in [1.165, 1.54) is 16.7 Å². The Hall–Kier alpha value is -2.13. The van der Waals surface area contributed by atoms with Gasteiger partial charge >= 0.3 is 0 Å². The number of ether oxygens (including phenoxy) is 1. The molecule has 23 heavy (non-hydrogen) atoms. The van der Waals surface area contributed by atoms with Gasteiger partial charge < -0.3 is 9.64 Å². The van der Waals surface area contributed by atoms with Crippen LogP contribution in [0.25, 0.3) is 0 Å². The average Bonchev–Trinajstić information content (AvgIpc) is 3.12. The Kier molecular flexibility index (Phi) is 2.71. The molecule has 0 aromatic heterocycles. The number of nitrogens with zero attached hydrogens (tertiary/aromatic N) is 1. The predicted octanol–water partition coefficient (Wildman–Crippen LogP) is 3.41. The minimum atomic E-state index is -0.535. The van der Waals surface area contributed by atoms with Crippen molar-refractivity contribution < 1.29 is 9.53 Å². The standard InChI is InChI=1S/C20H19NO2/c22-19-12-16-11-10-14-6-4-5-9-17(14)20(16)21(19)18(13-23-20)15-7-2-1-3-8-15/h1-9,16,18H,10-13H2/t16-,18+,20-/m1/s1. The second-order valence-electron chi connectivity index (χ2n) is 6.79. The molecular formula is C20H19NO2. The summed E-state index contributed by atoms with van der Waals surface area (Å²) in [5, 5.41) is 0. The maximum Gasteiger partial charge on any atom is 0.226 e. The van der Waals surface area contributed by atoms with Crippen LogP contribution in [0.2, 0.25) is 0 Å². The number of hydrogen-bond acceptors (Lipinski definition) is 2. The van der Waals surface area contributed by atoms with E-state index in [-0.39, 0.29) is 17.9 Å². The van der Waals surface area contributed by atoms with Crippen molar-refractivity contribution in [3.63, 3.8) is 0 Å². The molecule has 2 aliphatic heterocycles. The normalized spacial score (nSPS) is 31.7. The van der Waals surface area contributed by atoms with Gasteiger partial charge in [-0.05, 0) is 24.0 Å². The molecule has 0 N–H and O–H groups in total. The summed E-state index contributed by atoms with van der Waals surface area (Å²) in [6.07, 6.45) is 2.68. The van der Waals surface area contributed by atoms with Gasteiger partial charge in [0.25, 0.3) is 0 Å². The topological polar surface area (TPSA) is 29.5 Å². The maximum atomic E-state index is 12.9. The molecule has 5 rings (SSSR count). The number of hydrogen-bond donors (Lipinski definition) is 0. The number of fused-ring (bicyclic) bond motifs is 1. The zero-order valence-electron chi connectivity index (χ0n) is 12.9. The molecular weight excluding hydrogens is 286 g/mol. The fourth-order valence-corrected chi connectivity index (χ4v) is 4.77. The minimum Gasteiger partial charge on any atom is -0.348 e. The first-order valence-corrected chi connectivity index (χ1v) is 8.40. The van der Waals surface area contributed by atoms with E-state index in [0.717, 1.165) is 12.8 Å². The third-order valence-electron chi connectivity index (χ3n) is 5.72. The van der Waals surface area contributed by atoms with Crippen LogP contribution in [0.5, 0.6) is 0 Å². The van der Waals surface area contributed by atoms with E-state index >= 15 is 0 Å². The highest BCUT2D eigenvalue weighted by Crippen LogP contribution is 2.57. The molecule has 2 aromatic carbocycles. The van der Waals surface area contributed by atoms with E-state index in [9.17, 15) is 4.79 Å². The molecule has 0 bridgehead atoms. The molecule has 116 valence electrons. The molecule has 2 heterocycles. The molecule has 0 unspecified atom stereocenters. The summed E-state index contributed by atoms with van der Waals surface area (Å²) in [5.41, 5.74) is 3.17. The van der Waals surface area contributed by atoms with Gasteiger partial charge in [-0.1, -0.05) is 54.6 Å². The number of carbonyl (C=O) groups excluding carboxylic acids is 1. The van der Waals surface area contributed by atoms with Gasteiger partial charge in [-0.3, -0.25) is 4.79 Å². The summed E-state index contributed by atoms with van der Waals surface area (Å²) in [7, 11) is 0. The van der Waals surface area contributed by atoms with Crippen molar-refractivity contribution in [2.24, 2.45) is 5.92 Å². The van der Waals surface area contributed by atoms with E-state index < -0.39 is 5.72 Å². The van der Waals surface area contributed by atoms with Crippen molar-refractivity contribution >= 4 is 5.91 Å². The van der Waals surface area contributed by atoms with Crippen molar-refractivity contribution in [3.05, 3.63) is 71.3 Å². The molecule has 0 saturated carbocycles. The van der Waals surface area contributed by atoms with E-state index in [0.29, 0.717) is 13.0 Å². The summed E-state index contributed by atoms with van der Waals surface area (Å²) in [4.78, 5) is 14.9. The van der Waals surface area contributed by atoms with Crippen LogP contribution >= 0.6 is 0 Å². The number of benzene rings is 2. The molecule has 2 fully saturated rings. The highest BCUT2D eigenvalue weighted by atomic mass is 16.5. The van der Waals surface area contributed by atoms with Crippen LogP contribution in [0.3, 0.4) is 0 Å².